The van der Waals surface area contributed by atoms with Gasteiger partial charge in [-0.25, -0.2) is 5.09 Å². The number of rotatable bonds is 12. The van der Waals surface area contributed by atoms with Crippen molar-refractivity contribution in [3.05, 3.63) is 88.5 Å². The third kappa shape index (κ3) is 8.61. The number of phenolic OH excluding ortho intramolecular Hbond substituents is 1. The fourth-order valence-corrected chi connectivity index (χ4v) is 5.94. The molecule has 39 heavy (non-hydrogen) atoms. The number of nitrogens with one attached hydrogen (secondary N) is 1. The molecule has 0 saturated heterocycles. The Morgan fingerprint density at radius 3 is 2.15 bits per heavy atom. The molecule has 210 valence electrons. The number of hydrogen-bond donors (Lipinski definition) is 2. The van der Waals surface area contributed by atoms with Crippen LogP contribution >= 0.6 is 7.52 Å². The molecule has 2 atom stereocenters. The van der Waals surface area contributed by atoms with Gasteiger partial charge in [-0.15, -0.1) is 0 Å². The maximum absolute atomic E-state index is 13.9. The van der Waals surface area contributed by atoms with E-state index in [9.17, 15) is 14.5 Å². The number of hydrogen-bond acceptors (Lipinski definition) is 6. The molecule has 0 heterocycles. The summed E-state index contributed by atoms with van der Waals surface area (Å²) in [5, 5.41) is 13.0. The number of phenols is 1. The predicted octanol–water partition coefficient (Wildman–Crippen LogP) is 7.26. The minimum Gasteiger partial charge on any atom is -0.508 e. The van der Waals surface area contributed by atoms with Gasteiger partial charge in [0.25, 0.3) is 0 Å². The Bertz CT molecular complexity index is 1300. The first kappa shape index (κ1) is 30.3. The third-order valence-electron chi connectivity index (χ3n) is 6.26. The first-order valence-corrected chi connectivity index (χ1v) is 15.0. The molecule has 7 nitrogen and oxygen atoms in total. The summed E-state index contributed by atoms with van der Waals surface area (Å²) in [5.74, 6) is 0.971. The maximum atomic E-state index is 13.9. The van der Waals surface area contributed by atoms with Gasteiger partial charge in [0.1, 0.15) is 23.3 Å². The van der Waals surface area contributed by atoms with Crippen LogP contribution in [0.5, 0.6) is 17.2 Å². The molecule has 0 bridgehead atoms. The summed E-state index contributed by atoms with van der Waals surface area (Å²) in [6, 6.07) is 17.5. The molecule has 0 spiro atoms. The van der Waals surface area contributed by atoms with E-state index in [0.29, 0.717) is 23.7 Å². The molecule has 1 unspecified atom stereocenters. The highest BCUT2D eigenvalue weighted by Gasteiger charge is 2.32. The molecule has 2 N–H and O–H groups in total. The van der Waals surface area contributed by atoms with Gasteiger partial charge in [-0.1, -0.05) is 44.2 Å². The number of benzene rings is 3. The van der Waals surface area contributed by atoms with Crippen LogP contribution in [-0.2, 0) is 20.5 Å². The van der Waals surface area contributed by atoms with Gasteiger partial charge in [-0.05, 0) is 105 Å². The van der Waals surface area contributed by atoms with Crippen LogP contribution in [-0.4, -0.2) is 29.6 Å². The van der Waals surface area contributed by atoms with Crippen molar-refractivity contribution in [1.82, 2.24) is 5.09 Å². The van der Waals surface area contributed by atoms with Gasteiger partial charge in [0.2, 0.25) is 0 Å². The fraction of sp³-hybridized carbons (Fsp3) is 0.387. The monoisotopic (exact) mass is 553 g/mol. The van der Waals surface area contributed by atoms with Crippen LogP contribution in [0.15, 0.2) is 60.7 Å². The average molecular weight is 554 g/mol. The van der Waals surface area contributed by atoms with Crippen molar-refractivity contribution in [3.8, 4) is 17.2 Å². The molecular formula is C31H40NO6P. The highest BCUT2D eigenvalue weighted by atomic mass is 31.2. The number of ether oxygens (including phenoxy) is 2. The maximum Gasteiger partial charge on any atom is 0.354 e. The minimum atomic E-state index is -3.67. The van der Waals surface area contributed by atoms with Crippen LogP contribution in [0.25, 0.3) is 0 Å². The molecule has 0 saturated carbocycles. The van der Waals surface area contributed by atoms with Crippen LogP contribution in [0.1, 0.15) is 68.4 Å². The van der Waals surface area contributed by atoms with Gasteiger partial charge in [0.05, 0.1) is 6.10 Å². The molecule has 0 aliphatic rings. The Balaban J connectivity index is 1.79. The number of carbonyl (C=O) groups excluding carboxylic acids is 1. The predicted molar refractivity (Wildman–Crippen MR) is 155 cm³/mol. The van der Waals surface area contributed by atoms with Crippen molar-refractivity contribution >= 4 is 13.5 Å². The Labute approximate surface area is 232 Å². The number of esters is 1. The van der Waals surface area contributed by atoms with Crippen molar-refractivity contribution in [2.24, 2.45) is 0 Å². The Morgan fingerprint density at radius 2 is 1.56 bits per heavy atom. The summed E-state index contributed by atoms with van der Waals surface area (Å²) in [5.41, 5.74) is 5.27. The normalized spacial score (nSPS) is 13.7. The smallest absolute Gasteiger partial charge is 0.354 e. The molecule has 0 fully saturated rings. The van der Waals surface area contributed by atoms with E-state index < -0.39 is 19.5 Å². The number of carbonyl (C=O) groups is 1. The van der Waals surface area contributed by atoms with Gasteiger partial charge in [-0.2, -0.15) is 0 Å². The van der Waals surface area contributed by atoms with E-state index in [1.165, 1.54) is 0 Å². The molecular weight excluding hydrogens is 513 g/mol. The van der Waals surface area contributed by atoms with Crippen molar-refractivity contribution in [1.29, 1.82) is 0 Å². The molecule has 0 aliphatic carbocycles. The third-order valence-corrected chi connectivity index (χ3v) is 8.01. The summed E-state index contributed by atoms with van der Waals surface area (Å²) in [6.07, 6.45) is 0.134. The van der Waals surface area contributed by atoms with Gasteiger partial charge in [0.15, 0.2) is 6.35 Å². The summed E-state index contributed by atoms with van der Waals surface area (Å²) < 4.78 is 31.0. The molecule has 3 aromatic carbocycles. The van der Waals surface area contributed by atoms with Crippen LogP contribution < -0.4 is 14.3 Å². The summed E-state index contributed by atoms with van der Waals surface area (Å²) in [6.45, 7) is 13.3. The molecule has 3 rings (SSSR count). The van der Waals surface area contributed by atoms with E-state index in [1.807, 2.05) is 38.1 Å². The highest BCUT2D eigenvalue weighted by molar-refractivity contribution is 7.57. The van der Waals surface area contributed by atoms with E-state index in [2.05, 4.69) is 25.0 Å². The van der Waals surface area contributed by atoms with Crippen molar-refractivity contribution in [3.63, 3.8) is 0 Å². The van der Waals surface area contributed by atoms with Crippen LogP contribution in [0.2, 0.25) is 0 Å². The first-order valence-electron chi connectivity index (χ1n) is 13.2. The van der Waals surface area contributed by atoms with E-state index in [-0.39, 0.29) is 18.4 Å². The summed E-state index contributed by atoms with van der Waals surface area (Å²) in [7, 11) is -3.67. The van der Waals surface area contributed by atoms with E-state index in [4.69, 9.17) is 14.0 Å². The van der Waals surface area contributed by atoms with Gasteiger partial charge < -0.3 is 19.1 Å². The van der Waals surface area contributed by atoms with Crippen LogP contribution in [0, 0.1) is 13.8 Å². The van der Waals surface area contributed by atoms with Gasteiger partial charge >= 0.3 is 13.5 Å². The topological polar surface area (TPSA) is 94.1 Å². The van der Waals surface area contributed by atoms with Crippen LogP contribution in [0.4, 0.5) is 0 Å². The molecule has 3 aromatic rings. The standard InChI is InChI=1S/C31H40NO6P/c1-20(2)28-17-25(13-14-30(28)33)18-29-22(5)15-27(16-23(29)6)36-19-39(35,38-26-11-9-8-10-12-26)32-24(7)31(34)37-21(3)4/h8-17,20-21,24,33H,18-19H2,1-7H3,(H,32,35)/t24-,39?/m0/s1. The second-order valence-electron chi connectivity index (χ2n) is 10.4. The fourth-order valence-electron chi connectivity index (χ4n) is 4.28. The Morgan fingerprint density at radius 1 is 0.923 bits per heavy atom. The van der Waals surface area contributed by atoms with Crippen molar-refractivity contribution < 1.29 is 28.5 Å². The zero-order chi connectivity index (χ0) is 28.7. The lowest BCUT2D eigenvalue weighted by Gasteiger charge is -2.24. The highest BCUT2D eigenvalue weighted by Crippen LogP contribution is 2.44. The average Bonchev–Trinajstić information content (AvgIpc) is 2.86. The number of aryl methyl sites for hydroxylation is 2. The van der Waals surface area contributed by atoms with Gasteiger partial charge in [0, 0.05) is 0 Å². The Kier molecular flexibility index (Phi) is 10.2. The second kappa shape index (κ2) is 13.2. The lowest BCUT2D eigenvalue weighted by molar-refractivity contribution is -0.149. The quantitative estimate of drug-likeness (QED) is 0.180. The molecule has 0 amide bonds. The molecule has 0 aliphatic heterocycles. The van der Waals surface area contributed by atoms with E-state index >= 15 is 0 Å². The lowest BCUT2D eigenvalue weighted by Crippen LogP contribution is -2.36. The molecule has 0 radical (unpaired) electrons. The lowest BCUT2D eigenvalue weighted by atomic mass is 9.93. The molecule has 8 heteroatoms. The number of aromatic hydroxyl groups is 1. The van der Waals surface area contributed by atoms with E-state index in [0.717, 1.165) is 27.8 Å². The zero-order valence-corrected chi connectivity index (χ0v) is 24.7. The summed E-state index contributed by atoms with van der Waals surface area (Å²) in [4.78, 5) is 12.4. The first-order chi connectivity index (χ1) is 18.4. The van der Waals surface area contributed by atoms with Gasteiger partial charge in [-0.3, -0.25) is 9.36 Å². The van der Waals surface area contributed by atoms with E-state index in [1.54, 1.807) is 51.1 Å². The largest absolute Gasteiger partial charge is 0.508 e. The SMILES string of the molecule is Cc1cc(OCP(=O)(N[C@@H](C)C(=O)OC(C)C)Oc2ccccc2)cc(C)c1Cc1ccc(O)c(C(C)C)c1. The van der Waals surface area contributed by atoms with Crippen molar-refractivity contribution in [2.45, 2.75) is 73.0 Å². The van der Waals surface area contributed by atoms with Crippen molar-refractivity contribution in [2.75, 3.05) is 6.35 Å². The minimum absolute atomic E-state index is 0.222. The second-order valence-corrected chi connectivity index (χ2v) is 12.5. The Hall–Kier alpha value is -3.28. The summed E-state index contributed by atoms with van der Waals surface area (Å²) >= 11 is 0. The van der Waals surface area contributed by atoms with Crippen LogP contribution in [0.3, 0.4) is 0 Å². The zero-order valence-electron chi connectivity index (χ0n) is 23.9. The number of para-hydroxylation sites is 1. The molecule has 0 aromatic heterocycles.